The van der Waals surface area contributed by atoms with E-state index in [1.807, 2.05) is 18.7 Å². The Morgan fingerprint density at radius 2 is 1.58 bits per heavy atom. The fraction of sp³-hybridized carbons (Fsp3) is 0.933. The zero-order chi connectivity index (χ0) is 13.8. The molecule has 0 aliphatic carbocycles. The maximum absolute atomic E-state index is 12.6. The number of hydrogen-bond acceptors (Lipinski definition) is 3. The standard InChI is InChI=1S/C15H28N2O2/c1-12-10-17(11-13(2)19-12)15(18)14(3)16-8-6-4-5-7-9-16/h12-14H,4-11H2,1-3H3. The van der Waals surface area contributed by atoms with Gasteiger partial charge in [-0.25, -0.2) is 0 Å². The molecule has 2 rings (SSSR count). The quantitative estimate of drug-likeness (QED) is 0.766. The lowest BCUT2D eigenvalue weighted by Gasteiger charge is -2.38. The van der Waals surface area contributed by atoms with Crippen LogP contribution in [-0.4, -0.2) is 60.1 Å². The van der Waals surface area contributed by atoms with Crippen molar-refractivity contribution < 1.29 is 9.53 Å². The average molecular weight is 268 g/mol. The molecule has 0 aromatic rings. The molecule has 3 unspecified atom stereocenters. The summed E-state index contributed by atoms with van der Waals surface area (Å²) < 4.78 is 5.70. The predicted molar refractivity (Wildman–Crippen MR) is 76.1 cm³/mol. The first-order valence-electron chi connectivity index (χ1n) is 7.76. The summed E-state index contributed by atoms with van der Waals surface area (Å²) in [5, 5.41) is 0. The lowest BCUT2D eigenvalue weighted by Crippen LogP contribution is -2.54. The van der Waals surface area contributed by atoms with Gasteiger partial charge in [0.1, 0.15) is 0 Å². The monoisotopic (exact) mass is 268 g/mol. The minimum Gasteiger partial charge on any atom is -0.372 e. The van der Waals surface area contributed by atoms with Gasteiger partial charge in [-0.15, -0.1) is 0 Å². The summed E-state index contributed by atoms with van der Waals surface area (Å²) in [6, 6.07) is 0.0237. The van der Waals surface area contributed by atoms with Crippen molar-refractivity contribution in [1.29, 1.82) is 0 Å². The van der Waals surface area contributed by atoms with Crippen LogP contribution in [0.2, 0.25) is 0 Å². The fourth-order valence-electron chi connectivity index (χ4n) is 3.26. The minimum absolute atomic E-state index is 0.0237. The molecule has 0 aromatic heterocycles. The molecule has 0 N–H and O–H groups in total. The van der Waals surface area contributed by atoms with Crippen LogP contribution >= 0.6 is 0 Å². The van der Waals surface area contributed by atoms with Gasteiger partial charge in [-0.05, 0) is 46.7 Å². The van der Waals surface area contributed by atoms with Crippen molar-refractivity contribution >= 4 is 5.91 Å². The highest BCUT2D eigenvalue weighted by Crippen LogP contribution is 2.17. The van der Waals surface area contributed by atoms with Gasteiger partial charge in [-0.3, -0.25) is 9.69 Å². The van der Waals surface area contributed by atoms with Crippen LogP contribution in [0.1, 0.15) is 46.5 Å². The number of morpholine rings is 1. The first-order valence-corrected chi connectivity index (χ1v) is 7.76. The largest absolute Gasteiger partial charge is 0.372 e. The molecular weight excluding hydrogens is 240 g/mol. The molecule has 2 aliphatic rings. The van der Waals surface area contributed by atoms with E-state index in [1.54, 1.807) is 0 Å². The Kier molecular flexibility index (Phi) is 5.22. The Hall–Kier alpha value is -0.610. The Bertz CT molecular complexity index is 291. The van der Waals surface area contributed by atoms with Gasteiger partial charge in [0.15, 0.2) is 0 Å². The lowest BCUT2D eigenvalue weighted by molar-refractivity contribution is -0.148. The van der Waals surface area contributed by atoms with Crippen molar-refractivity contribution in [3.05, 3.63) is 0 Å². The van der Waals surface area contributed by atoms with E-state index in [4.69, 9.17) is 4.74 Å². The number of carbonyl (C=O) groups is 1. The Balaban J connectivity index is 1.93. The Morgan fingerprint density at radius 1 is 1.05 bits per heavy atom. The molecule has 110 valence electrons. The molecule has 2 saturated heterocycles. The number of ether oxygens (including phenoxy) is 1. The minimum atomic E-state index is 0.0237. The highest BCUT2D eigenvalue weighted by molar-refractivity contribution is 5.81. The van der Waals surface area contributed by atoms with Gasteiger partial charge in [0, 0.05) is 13.1 Å². The molecule has 2 fully saturated rings. The van der Waals surface area contributed by atoms with E-state index in [-0.39, 0.29) is 24.2 Å². The fourth-order valence-corrected chi connectivity index (χ4v) is 3.26. The number of nitrogens with zero attached hydrogens (tertiary/aromatic N) is 2. The van der Waals surface area contributed by atoms with Crippen LogP contribution in [0.5, 0.6) is 0 Å². The maximum Gasteiger partial charge on any atom is 0.239 e. The summed E-state index contributed by atoms with van der Waals surface area (Å²) in [7, 11) is 0. The van der Waals surface area contributed by atoms with Crippen LogP contribution in [0, 0.1) is 0 Å². The molecule has 0 spiro atoms. The van der Waals surface area contributed by atoms with Crippen LogP contribution in [0.3, 0.4) is 0 Å². The van der Waals surface area contributed by atoms with Gasteiger partial charge < -0.3 is 9.64 Å². The molecular formula is C15H28N2O2. The van der Waals surface area contributed by atoms with E-state index in [9.17, 15) is 4.79 Å². The third-order valence-electron chi connectivity index (χ3n) is 4.28. The second-order valence-electron chi connectivity index (χ2n) is 6.13. The van der Waals surface area contributed by atoms with Gasteiger partial charge in [-0.2, -0.15) is 0 Å². The number of carbonyl (C=O) groups excluding carboxylic acids is 1. The molecule has 0 saturated carbocycles. The molecule has 1 amide bonds. The van der Waals surface area contributed by atoms with Crippen LogP contribution in [0.15, 0.2) is 0 Å². The highest BCUT2D eigenvalue weighted by atomic mass is 16.5. The van der Waals surface area contributed by atoms with Crippen LogP contribution < -0.4 is 0 Å². The normalized spacial score (nSPS) is 31.8. The molecule has 0 radical (unpaired) electrons. The van der Waals surface area contributed by atoms with Crippen LogP contribution in [0.4, 0.5) is 0 Å². The summed E-state index contributed by atoms with van der Waals surface area (Å²) in [6.07, 6.45) is 5.39. The van der Waals surface area contributed by atoms with Crippen molar-refractivity contribution in [2.75, 3.05) is 26.2 Å². The van der Waals surface area contributed by atoms with Gasteiger partial charge >= 0.3 is 0 Å². The van der Waals surface area contributed by atoms with Crippen molar-refractivity contribution in [2.24, 2.45) is 0 Å². The van der Waals surface area contributed by atoms with Crippen molar-refractivity contribution in [3.63, 3.8) is 0 Å². The molecule has 0 aromatic carbocycles. The van der Waals surface area contributed by atoms with Gasteiger partial charge in [-0.1, -0.05) is 12.8 Å². The summed E-state index contributed by atoms with van der Waals surface area (Å²) in [5.74, 6) is 0.281. The Labute approximate surface area is 117 Å². The molecule has 2 aliphatic heterocycles. The number of likely N-dealkylation sites (tertiary alicyclic amines) is 1. The van der Waals surface area contributed by atoms with E-state index < -0.39 is 0 Å². The van der Waals surface area contributed by atoms with E-state index >= 15 is 0 Å². The predicted octanol–water partition coefficient (Wildman–Crippen LogP) is 1.89. The molecule has 19 heavy (non-hydrogen) atoms. The second-order valence-corrected chi connectivity index (χ2v) is 6.13. The van der Waals surface area contributed by atoms with E-state index in [1.165, 1.54) is 25.7 Å². The number of amides is 1. The van der Waals surface area contributed by atoms with Crippen LogP contribution in [-0.2, 0) is 9.53 Å². The zero-order valence-electron chi connectivity index (χ0n) is 12.6. The molecule has 2 heterocycles. The third-order valence-corrected chi connectivity index (χ3v) is 4.28. The van der Waals surface area contributed by atoms with Crippen molar-refractivity contribution in [3.8, 4) is 0 Å². The van der Waals surface area contributed by atoms with Crippen LogP contribution in [0.25, 0.3) is 0 Å². The zero-order valence-corrected chi connectivity index (χ0v) is 12.6. The molecule has 4 heteroatoms. The number of hydrogen-bond donors (Lipinski definition) is 0. The number of rotatable bonds is 2. The summed E-state index contributed by atoms with van der Waals surface area (Å²) in [6.45, 7) is 9.78. The van der Waals surface area contributed by atoms with Gasteiger partial charge in [0.05, 0.1) is 18.2 Å². The van der Waals surface area contributed by atoms with E-state index in [0.29, 0.717) is 0 Å². The highest BCUT2D eigenvalue weighted by Gasteiger charge is 2.31. The average Bonchev–Trinajstić information content (AvgIpc) is 2.64. The van der Waals surface area contributed by atoms with Crippen molar-refractivity contribution in [1.82, 2.24) is 9.80 Å². The first kappa shape index (κ1) is 14.8. The summed E-state index contributed by atoms with van der Waals surface area (Å²) in [5.41, 5.74) is 0. The summed E-state index contributed by atoms with van der Waals surface area (Å²) in [4.78, 5) is 17.0. The summed E-state index contributed by atoms with van der Waals surface area (Å²) >= 11 is 0. The first-order chi connectivity index (χ1) is 9.08. The third kappa shape index (κ3) is 3.93. The Morgan fingerprint density at radius 3 is 2.11 bits per heavy atom. The molecule has 0 bridgehead atoms. The second kappa shape index (κ2) is 6.71. The van der Waals surface area contributed by atoms with Crippen molar-refractivity contribution in [2.45, 2.75) is 64.7 Å². The van der Waals surface area contributed by atoms with Gasteiger partial charge in [0.2, 0.25) is 5.91 Å². The smallest absolute Gasteiger partial charge is 0.239 e. The molecule has 3 atom stereocenters. The van der Waals surface area contributed by atoms with Gasteiger partial charge in [0.25, 0.3) is 0 Å². The topological polar surface area (TPSA) is 32.8 Å². The lowest BCUT2D eigenvalue weighted by atomic mass is 10.1. The maximum atomic E-state index is 12.6. The molecule has 4 nitrogen and oxygen atoms in total. The van der Waals surface area contributed by atoms with E-state index in [2.05, 4.69) is 11.8 Å². The van der Waals surface area contributed by atoms with E-state index in [0.717, 1.165) is 26.2 Å². The SMILES string of the molecule is CC1CN(C(=O)C(C)N2CCCCCC2)CC(C)O1.